The van der Waals surface area contributed by atoms with Gasteiger partial charge in [0.1, 0.15) is 12.4 Å². The zero-order chi connectivity index (χ0) is 15.2. The molecule has 2 rings (SSSR count). The third-order valence-electron chi connectivity index (χ3n) is 3.17. The number of carboxylic acid groups (broad SMARTS) is 1. The standard InChI is InChI=1S/C16H19N3O2/c1-3-9-18(10-4-2)11-15-17-13-7-5-6-8-14(13)19(15)12-16(20)21/h3-8H,1-2,9-12H2,(H,20,21). The monoisotopic (exact) mass is 285 g/mol. The highest BCUT2D eigenvalue weighted by Gasteiger charge is 2.15. The van der Waals surface area contributed by atoms with E-state index < -0.39 is 5.97 Å². The third kappa shape index (κ3) is 3.58. The Morgan fingerprint density at radius 2 is 1.95 bits per heavy atom. The Kier molecular flexibility index (Phi) is 4.90. The van der Waals surface area contributed by atoms with Crippen LogP contribution in [0.15, 0.2) is 49.6 Å². The topological polar surface area (TPSA) is 58.4 Å². The molecule has 0 saturated carbocycles. The van der Waals surface area contributed by atoms with Crippen LogP contribution in [-0.4, -0.2) is 38.6 Å². The molecule has 2 aromatic rings. The van der Waals surface area contributed by atoms with E-state index in [2.05, 4.69) is 23.0 Å². The molecular weight excluding hydrogens is 266 g/mol. The van der Waals surface area contributed by atoms with Gasteiger partial charge in [-0.15, -0.1) is 13.2 Å². The minimum Gasteiger partial charge on any atom is -0.480 e. The fourth-order valence-corrected chi connectivity index (χ4v) is 2.33. The second-order valence-corrected chi connectivity index (χ2v) is 4.77. The Morgan fingerprint density at radius 3 is 2.57 bits per heavy atom. The maximum atomic E-state index is 11.1. The Balaban J connectivity index is 2.38. The minimum atomic E-state index is -0.876. The number of rotatable bonds is 8. The number of carbonyl (C=O) groups is 1. The lowest BCUT2D eigenvalue weighted by Crippen LogP contribution is -2.26. The molecule has 0 radical (unpaired) electrons. The minimum absolute atomic E-state index is 0.0914. The zero-order valence-corrected chi connectivity index (χ0v) is 11.9. The average molecular weight is 285 g/mol. The first-order valence-corrected chi connectivity index (χ1v) is 6.75. The summed E-state index contributed by atoms with van der Waals surface area (Å²) in [5.41, 5.74) is 1.65. The molecule has 110 valence electrons. The highest BCUT2D eigenvalue weighted by molar-refractivity contribution is 5.78. The summed E-state index contributed by atoms with van der Waals surface area (Å²) in [6.45, 7) is 9.34. The van der Waals surface area contributed by atoms with E-state index in [0.717, 1.165) is 16.9 Å². The summed E-state index contributed by atoms with van der Waals surface area (Å²) in [7, 11) is 0. The van der Waals surface area contributed by atoms with Crippen LogP contribution in [0.5, 0.6) is 0 Å². The lowest BCUT2D eigenvalue weighted by Gasteiger charge is -2.18. The zero-order valence-electron chi connectivity index (χ0n) is 11.9. The number of fused-ring (bicyclic) bond motifs is 1. The van der Waals surface area contributed by atoms with E-state index in [9.17, 15) is 4.79 Å². The number of aliphatic carboxylic acids is 1. The summed E-state index contributed by atoms with van der Waals surface area (Å²) < 4.78 is 1.75. The number of nitrogens with zero attached hydrogens (tertiary/aromatic N) is 3. The van der Waals surface area contributed by atoms with Gasteiger partial charge >= 0.3 is 5.97 Å². The third-order valence-corrected chi connectivity index (χ3v) is 3.17. The molecule has 5 nitrogen and oxygen atoms in total. The molecular formula is C16H19N3O2. The molecule has 0 bridgehead atoms. The largest absolute Gasteiger partial charge is 0.480 e. The SMILES string of the molecule is C=CCN(CC=C)Cc1nc2ccccc2n1CC(=O)O. The Hall–Kier alpha value is -2.40. The first-order chi connectivity index (χ1) is 10.2. The van der Waals surface area contributed by atoms with E-state index in [1.807, 2.05) is 36.4 Å². The van der Waals surface area contributed by atoms with Crippen molar-refractivity contribution in [3.63, 3.8) is 0 Å². The Labute approximate surface area is 123 Å². The van der Waals surface area contributed by atoms with Crippen molar-refractivity contribution in [2.45, 2.75) is 13.1 Å². The van der Waals surface area contributed by atoms with Crippen LogP contribution in [0.25, 0.3) is 11.0 Å². The summed E-state index contributed by atoms with van der Waals surface area (Å²) in [6.07, 6.45) is 3.63. The van der Waals surface area contributed by atoms with Gasteiger partial charge in [-0.05, 0) is 12.1 Å². The van der Waals surface area contributed by atoms with Crippen molar-refractivity contribution >= 4 is 17.0 Å². The number of imidazole rings is 1. The summed E-state index contributed by atoms with van der Waals surface area (Å²) in [5, 5.41) is 9.12. The van der Waals surface area contributed by atoms with Gasteiger partial charge in [0.25, 0.3) is 0 Å². The van der Waals surface area contributed by atoms with Gasteiger partial charge in [-0.3, -0.25) is 9.69 Å². The van der Waals surface area contributed by atoms with Crippen molar-refractivity contribution in [1.29, 1.82) is 0 Å². The van der Waals surface area contributed by atoms with Gasteiger partial charge in [0.2, 0.25) is 0 Å². The lowest BCUT2D eigenvalue weighted by atomic mass is 10.3. The van der Waals surface area contributed by atoms with Crippen molar-refractivity contribution in [3.05, 3.63) is 55.4 Å². The summed E-state index contributed by atoms with van der Waals surface area (Å²) in [5.74, 6) is -0.138. The van der Waals surface area contributed by atoms with Crippen LogP contribution in [0.4, 0.5) is 0 Å². The van der Waals surface area contributed by atoms with Crippen LogP contribution in [0.3, 0.4) is 0 Å². The van der Waals surface area contributed by atoms with Crippen molar-refractivity contribution in [2.75, 3.05) is 13.1 Å². The molecule has 0 aliphatic carbocycles. The molecule has 0 aliphatic heterocycles. The molecule has 1 N–H and O–H groups in total. The van der Waals surface area contributed by atoms with Crippen LogP contribution in [0.2, 0.25) is 0 Å². The van der Waals surface area contributed by atoms with E-state index >= 15 is 0 Å². The van der Waals surface area contributed by atoms with Crippen LogP contribution in [-0.2, 0) is 17.9 Å². The van der Waals surface area contributed by atoms with E-state index in [-0.39, 0.29) is 6.54 Å². The number of hydrogen-bond acceptors (Lipinski definition) is 3. The van der Waals surface area contributed by atoms with Gasteiger partial charge in [0.15, 0.2) is 0 Å². The van der Waals surface area contributed by atoms with Gasteiger partial charge < -0.3 is 9.67 Å². The molecule has 1 aromatic heterocycles. The molecule has 0 atom stereocenters. The molecule has 1 aromatic carbocycles. The van der Waals surface area contributed by atoms with Crippen molar-refractivity contribution < 1.29 is 9.90 Å². The molecule has 5 heteroatoms. The highest BCUT2D eigenvalue weighted by Crippen LogP contribution is 2.17. The van der Waals surface area contributed by atoms with Gasteiger partial charge in [0.05, 0.1) is 17.6 Å². The number of para-hydroxylation sites is 2. The first kappa shape index (κ1) is 15.0. The number of carboxylic acids is 1. The predicted molar refractivity (Wildman–Crippen MR) is 83.0 cm³/mol. The number of hydrogen-bond donors (Lipinski definition) is 1. The maximum absolute atomic E-state index is 11.1. The van der Waals surface area contributed by atoms with Crippen LogP contribution in [0.1, 0.15) is 5.82 Å². The second-order valence-electron chi connectivity index (χ2n) is 4.77. The molecule has 0 fully saturated rings. The molecule has 0 saturated heterocycles. The summed E-state index contributed by atoms with van der Waals surface area (Å²) in [6, 6.07) is 7.56. The molecule has 1 heterocycles. The van der Waals surface area contributed by atoms with Crippen molar-refractivity contribution in [2.24, 2.45) is 0 Å². The summed E-state index contributed by atoms with van der Waals surface area (Å²) >= 11 is 0. The smallest absolute Gasteiger partial charge is 0.323 e. The fraction of sp³-hybridized carbons (Fsp3) is 0.250. The number of aromatic nitrogens is 2. The summed E-state index contributed by atoms with van der Waals surface area (Å²) in [4.78, 5) is 17.8. The quantitative estimate of drug-likeness (QED) is 0.756. The molecule has 21 heavy (non-hydrogen) atoms. The van der Waals surface area contributed by atoms with Crippen molar-refractivity contribution in [3.8, 4) is 0 Å². The molecule has 0 spiro atoms. The Morgan fingerprint density at radius 1 is 1.29 bits per heavy atom. The van der Waals surface area contributed by atoms with E-state index in [1.165, 1.54) is 0 Å². The highest BCUT2D eigenvalue weighted by atomic mass is 16.4. The average Bonchev–Trinajstić information content (AvgIpc) is 2.77. The van der Waals surface area contributed by atoms with Gasteiger partial charge in [0, 0.05) is 13.1 Å². The van der Waals surface area contributed by atoms with Crippen LogP contribution < -0.4 is 0 Å². The van der Waals surface area contributed by atoms with Gasteiger partial charge in [-0.25, -0.2) is 4.98 Å². The molecule has 0 aliphatic rings. The van der Waals surface area contributed by atoms with Crippen LogP contribution in [0, 0.1) is 0 Å². The Bertz CT molecular complexity index is 651. The fourth-order valence-electron chi connectivity index (χ4n) is 2.33. The molecule has 0 unspecified atom stereocenters. The first-order valence-electron chi connectivity index (χ1n) is 6.75. The van der Waals surface area contributed by atoms with Gasteiger partial charge in [-0.2, -0.15) is 0 Å². The van der Waals surface area contributed by atoms with Crippen molar-refractivity contribution in [1.82, 2.24) is 14.5 Å². The van der Waals surface area contributed by atoms with E-state index in [0.29, 0.717) is 19.6 Å². The predicted octanol–water partition coefficient (Wildman–Crippen LogP) is 2.29. The van der Waals surface area contributed by atoms with E-state index in [1.54, 1.807) is 4.57 Å². The van der Waals surface area contributed by atoms with Gasteiger partial charge in [-0.1, -0.05) is 24.3 Å². The normalized spacial score (nSPS) is 10.9. The van der Waals surface area contributed by atoms with Crippen LogP contribution >= 0.6 is 0 Å². The lowest BCUT2D eigenvalue weighted by molar-refractivity contribution is -0.137. The maximum Gasteiger partial charge on any atom is 0.323 e. The molecule has 0 amide bonds. The van der Waals surface area contributed by atoms with E-state index in [4.69, 9.17) is 5.11 Å². The number of benzene rings is 1. The second kappa shape index (κ2) is 6.85.